The van der Waals surface area contributed by atoms with Gasteiger partial charge < -0.3 is 9.66 Å². The van der Waals surface area contributed by atoms with Gasteiger partial charge in [0.2, 0.25) is 0 Å². The topological polar surface area (TPSA) is 60.4 Å². The highest BCUT2D eigenvalue weighted by molar-refractivity contribution is 7.91. The molecule has 1 heterocycles. The number of carboxylic acid groups (broad SMARTS) is 1. The van der Waals surface area contributed by atoms with Gasteiger partial charge >= 0.3 is 5.97 Å². The number of carbonyl (C=O) groups is 1. The highest BCUT2D eigenvalue weighted by atomic mass is 32.2. The van der Waals surface area contributed by atoms with Crippen LogP contribution in [0, 0.1) is 5.41 Å². The molecule has 0 aliphatic carbocycles. The van der Waals surface area contributed by atoms with Crippen molar-refractivity contribution < 1.29 is 14.5 Å². The van der Waals surface area contributed by atoms with Gasteiger partial charge in [0, 0.05) is 12.8 Å². The van der Waals surface area contributed by atoms with E-state index in [9.17, 15) is 9.35 Å². The van der Waals surface area contributed by atoms with Gasteiger partial charge in [-0.15, -0.1) is 0 Å². The average molecular weight is 176 g/mol. The second-order valence-electron chi connectivity index (χ2n) is 3.21. The SMILES string of the molecule is CC1(C(=O)O)CC[S+]([O-])CC1. The molecule has 1 aliphatic rings. The molecule has 4 heteroatoms. The van der Waals surface area contributed by atoms with Crippen molar-refractivity contribution >= 4 is 17.1 Å². The summed E-state index contributed by atoms with van der Waals surface area (Å²) in [5.74, 6) is 0.334. The maximum absolute atomic E-state index is 10.9. The minimum atomic E-state index is -0.767. The first-order valence-electron chi connectivity index (χ1n) is 3.63. The Morgan fingerprint density at radius 1 is 1.55 bits per heavy atom. The summed E-state index contributed by atoms with van der Waals surface area (Å²) in [6.45, 7) is 1.73. The van der Waals surface area contributed by atoms with E-state index >= 15 is 0 Å². The third-order valence-corrected chi connectivity index (χ3v) is 3.60. The molecule has 64 valence electrons. The van der Waals surface area contributed by atoms with Crippen molar-refractivity contribution in [3.8, 4) is 0 Å². The van der Waals surface area contributed by atoms with Gasteiger partial charge in [-0.1, -0.05) is 11.2 Å². The lowest BCUT2D eigenvalue weighted by molar-refractivity contribution is -0.148. The fraction of sp³-hybridized carbons (Fsp3) is 0.857. The van der Waals surface area contributed by atoms with Gasteiger partial charge in [0.15, 0.2) is 0 Å². The molecule has 0 aromatic heterocycles. The second kappa shape index (κ2) is 3.03. The number of rotatable bonds is 1. The van der Waals surface area contributed by atoms with Crippen LogP contribution < -0.4 is 0 Å². The Morgan fingerprint density at radius 2 is 2.00 bits per heavy atom. The van der Waals surface area contributed by atoms with E-state index in [0.717, 1.165) is 0 Å². The molecular formula is C7H12O3S. The van der Waals surface area contributed by atoms with Gasteiger partial charge in [-0.25, -0.2) is 0 Å². The first kappa shape index (κ1) is 8.87. The number of carboxylic acids is 1. The van der Waals surface area contributed by atoms with Crippen LogP contribution in [-0.2, 0) is 16.0 Å². The van der Waals surface area contributed by atoms with Gasteiger partial charge in [0.25, 0.3) is 0 Å². The lowest BCUT2D eigenvalue weighted by atomic mass is 9.84. The van der Waals surface area contributed by atoms with E-state index in [1.807, 2.05) is 0 Å². The van der Waals surface area contributed by atoms with Crippen LogP contribution in [0.3, 0.4) is 0 Å². The number of hydrogen-bond donors (Lipinski definition) is 1. The van der Waals surface area contributed by atoms with E-state index in [-0.39, 0.29) is 0 Å². The summed E-state index contributed by atoms with van der Waals surface area (Å²) in [6.07, 6.45) is 1.10. The van der Waals surface area contributed by atoms with Crippen LogP contribution in [0.5, 0.6) is 0 Å². The van der Waals surface area contributed by atoms with Gasteiger partial charge in [-0.2, -0.15) is 0 Å². The molecule has 1 aliphatic heterocycles. The Labute approximate surface area is 69.0 Å². The van der Waals surface area contributed by atoms with Gasteiger partial charge in [0.05, 0.1) is 5.41 Å². The monoisotopic (exact) mass is 176 g/mol. The van der Waals surface area contributed by atoms with Gasteiger partial charge in [-0.3, -0.25) is 4.79 Å². The highest BCUT2D eigenvalue weighted by Crippen LogP contribution is 2.31. The van der Waals surface area contributed by atoms with Crippen molar-refractivity contribution in [2.45, 2.75) is 19.8 Å². The van der Waals surface area contributed by atoms with Gasteiger partial charge in [-0.05, 0) is 6.92 Å². The van der Waals surface area contributed by atoms with Crippen LogP contribution >= 0.6 is 0 Å². The van der Waals surface area contributed by atoms with Crippen LogP contribution in [0.25, 0.3) is 0 Å². The largest absolute Gasteiger partial charge is 0.616 e. The Balaban J connectivity index is 2.55. The minimum Gasteiger partial charge on any atom is -0.616 e. The molecule has 0 aromatic rings. The molecule has 0 radical (unpaired) electrons. The zero-order chi connectivity index (χ0) is 8.48. The van der Waals surface area contributed by atoms with E-state index < -0.39 is 22.6 Å². The first-order chi connectivity index (χ1) is 5.04. The van der Waals surface area contributed by atoms with Crippen molar-refractivity contribution in [1.29, 1.82) is 0 Å². The summed E-state index contributed by atoms with van der Waals surface area (Å²) >= 11 is -0.767. The molecule has 1 fully saturated rings. The molecule has 0 atom stereocenters. The summed E-state index contributed by atoms with van der Waals surface area (Å²) < 4.78 is 10.9. The van der Waals surface area contributed by atoms with Crippen molar-refractivity contribution in [3.63, 3.8) is 0 Å². The molecular weight excluding hydrogens is 164 g/mol. The lowest BCUT2D eigenvalue weighted by Gasteiger charge is -2.29. The zero-order valence-corrected chi connectivity index (χ0v) is 7.32. The zero-order valence-electron chi connectivity index (χ0n) is 6.50. The number of hydrogen-bond acceptors (Lipinski definition) is 2. The highest BCUT2D eigenvalue weighted by Gasteiger charge is 2.38. The first-order valence-corrected chi connectivity index (χ1v) is 5.12. The van der Waals surface area contributed by atoms with E-state index in [1.165, 1.54) is 0 Å². The molecule has 0 saturated carbocycles. The van der Waals surface area contributed by atoms with Crippen molar-refractivity contribution in [3.05, 3.63) is 0 Å². The average Bonchev–Trinajstić information content (AvgIpc) is 1.95. The third kappa shape index (κ3) is 1.87. The molecule has 3 nitrogen and oxygen atoms in total. The van der Waals surface area contributed by atoms with E-state index in [4.69, 9.17) is 5.11 Å². The Morgan fingerprint density at radius 3 is 2.36 bits per heavy atom. The molecule has 11 heavy (non-hydrogen) atoms. The molecule has 0 amide bonds. The second-order valence-corrected chi connectivity index (χ2v) is 4.91. The molecule has 1 rings (SSSR count). The van der Waals surface area contributed by atoms with Crippen LogP contribution in [0.2, 0.25) is 0 Å². The summed E-state index contributed by atoms with van der Waals surface area (Å²) in [5, 5.41) is 8.78. The fourth-order valence-corrected chi connectivity index (χ4v) is 2.68. The quantitative estimate of drug-likeness (QED) is 0.596. The smallest absolute Gasteiger partial charge is 0.309 e. The Kier molecular flexibility index (Phi) is 2.44. The van der Waals surface area contributed by atoms with Crippen molar-refractivity contribution in [2.24, 2.45) is 5.41 Å². The van der Waals surface area contributed by atoms with Crippen molar-refractivity contribution in [1.82, 2.24) is 0 Å². The van der Waals surface area contributed by atoms with Crippen LogP contribution in [0.1, 0.15) is 19.8 Å². The molecule has 1 saturated heterocycles. The molecule has 0 aromatic carbocycles. The van der Waals surface area contributed by atoms with Crippen LogP contribution in [0.4, 0.5) is 0 Å². The van der Waals surface area contributed by atoms with E-state index in [1.54, 1.807) is 6.92 Å². The fourth-order valence-electron chi connectivity index (χ4n) is 1.12. The Bertz CT molecular complexity index is 161. The molecule has 0 unspecified atom stereocenters. The number of aliphatic carboxylic acids is 1. The summed E-state index contributed by atoms with van der Waals surface area (Å²) in [4.78, 5) is 10.7. The van der Waals surface area contributed by atoms with Crippen LogP contribution in [-0.4, -0.2) is 27.1 Å². The molecule has 1 N–H and O–H groups in total. The summed E-state index contributed by atoms with van der Waals surface area (Å²) in [7, 11) is 0. The normalized spacial score (nSPS) is 38.5. The van der Waals surface area contributed by atoms with Crippen LogP contribution in [0.15, 0.2) is 0 Å². The lowest BCUT2D eigenvalue weighted by Crippen LogP contribution is -2.37. The predicted molar refractivity (Wildman–Crippen MR) is 42.9 cm³/mol. The molecule has 0 bridgehead atoms. The van der Waals surface area contributed by atoms with E-state index in [0.29, 0.717) is 24.3 Å². The Hall–Kier alpha value is -0.220. The summed E-state index contributed by atoms with van der Waals surface area (Å²) in [6, 6.07) is 0. The predicted octanol–water partition coefficient (Wildman–Crippen LogP) is 0.620. The maximum atomic E-state index is 10.9. The minimum absolute atomic E-state index is 0.544. The van der Waals surface area contributed by atoms with E-state index in [2.05, 4.69) is 0 Å². The van der Waals surface area contributed by atoms with Gasteiger partial charge in [0.1, 0.15) is 11.5 Å². The standard InChI is InChI=1S/C7H12O3S/c1-7(6(8)9)2-4-11(10)5-3-7/h2-5H2,1H3,(H,8,9). The third-order valence-electron chi connectivity index (χ3n) is 2.28. The molecule has 0 spiro atoms. The summed E-state index contributed by atoms with van der Waals surface area (Å²) in [5.41, 5.74) is -0.617. The maximum Gasteiger partial charge on any atom is 0.309 e. The van der Waals surface area contributed by atoms with Crippen molar-refractivity contribution in [2.75, 3.05) is 11.5 Å².